The molecule has 0 bridgehead atoms. The number of amides is 10. The van der Waals surface area contributed by atoms with E-state index in [0.717, 1.165) is 36.1 Å². The van der Waals surface area contributed by atoms with Gasteiger partial charge in [0, 0.05) is 38.3 Å². The molecule has 0 saturated carbocycles. The predicted molar refractivity (Wildman–Crippen MR) is 369 cm³/mol. The summed E-state index contributed by atoms with van der Waals surface area (Å²) in [4.78, 5) is 182. The molecule has 32 heteroatoms. The third-order valence-corrected chi connectivity index (χ3v) is 16.2. The Bertz CT molecular complexity index is 3900. The number of rotatable bonds is 39. The topological polar surface area (TPSA) is 518 Å². The van der Waals surface area contributed by atoms with Crippen LogP contribution in [0.4, 0.5) is 0 Å². The number of carbonyl (C=O) groups excluding carboxylic acids is 10. The Hall–Kier alpha value is -11.7. The molecule has 548 valence electrons. The summed E-state index contributed by atoms with van der Waals surface area (Å²) in [6, 6.07) is 24.6. The first-order chi connectivity index (χ1) is 48.9. The van der Waals surface area contributed by atoms with Gasteiger partial charge in [0.15, 0.2) is 0 Å². The molecule has 103 heavy (non-hydrogen) atoms. The quantitative estimate of drug-likeness (QED) is 0.0207. The lowest BCUT2D eigenvalue weighted by Crippen LogP contribution is -2.63. The van der Waals surface area contributed by atoms with Crippen molar-refractivity contribution in [3.63, 3.8) is 0 Å². The molecule has 19 N–H and O–H groups in total. The first-order valence-electron chi connectivity index (χ1n) is 32.6. The van der Waals surface area contributed by atoms with Crippen LogP contribution in [0.25, 0.3) is 22.3 Å². The molecule has 10 amide bonds. The fourth-order valence-electron chi connectivity index (χ4n) is 10.4. The zero-order chi connectivity index (χ0) is 75.5. The van der Waals surface area contributed by atoms with E-state index in [0.29, 0.717) is 22.4 Å². The Labute approximate surface area is 591 Å². The molecule has 1 aromatic heterocycles. The zero-order valence-electron chi connectivity index (χ0n) is 56.7. The van der Waals surface area contributed by atoms with Gasteiger partial charge in [-0.1, -0.05) is 140 Å². The number of nitrogens with two attached hydrogens (primary N) is 1. The van der Waals surface area contributed by atoms with Gasteiger partial charge in [-0.2, -0.15) is 0 Å². The average molecular weight is 1420 g/mol. The largest absolute Gasteiger partial charge is 0.481 e. The maximum atomic E-state index is 14.3. The third-order valence-electron chi connectivity index (χ3n) is 16.2. The summed E-state index contributed by atoms with van der Waals surface area (Å²) in [5, 5.41) is 85.2. The van der Waals surface area contributed by atoms with Gasteiger partial charge in [0.1, 0.15) is 53.9 Å². The van der Waals surface area contributed by atoms with Crippen LogP contribution in [0.15, 0.2) is 152 Å². The summed E-state index contributed by atoms with van der Waals surface area (Å²) >= 11 is 0. The van der Waals surface area contributed by atoms with E-state index in [1.807, 2.05) is 60.7 Å². The highest BCUT2D eigenvalue weighted by molar-refractivity contribution is 6.00. The number of imidazole rings is 1. The lowest BCUT2D eigenvalue weighted by Gasteiger charge is -2.29. The van der Waals surface area contributed by atoms with Crippen molar-refractivity contribution in [2.75, 3.05) is 13.2 Å². The van der Waals surface area contributed by atoms with Crippen LogP contribution < -0.4 is 58.9 Å². The molecule has 11 atom stereocenters. The molecule has 0 aliphatic carbocycles. The minimum absolute atomic E-state index is 0.00118. The molecule has 0 aliphatic heterocycles. The number of aromatic amines is 1. The smallest absolute Gasteiger partial charge is 0.326 e. The SMILES string of the molecule is C[C@@H](O)[C@H](NC(=O)CNC(=O)[C@H](CCC(=O)O)NC(=O)C(C)(C)NC(=O)[C@@H](N)Cc1c[nH]cn1)C(=O)N[C@@H](Cc1ccccc1)C(=O)N[C@H](C(=O)N[C@@H](CO)C(=O)N[C@@H](CC(=O)O)C(=O)N[C@@H](Cc1ccc(-c2ccccc2)cc1)C(=O)N[C@@H](Cc1ccc(-c2ccccc2)cc1)C(=O)O)[C@@H](C)O. The van der Waals surface area contributed by atoms with Gasteiger partial charge in [-0.05, 0) is 73.1 Å². The third kappa shape index (κ3) is 25.4. The molecule has 6 aromatic rings. The average Bonchev–Trinajstić information content (AvgIpc) is 0.903. The number of benzene rings is 5. The number of hydrogen-bond acceptors (Lipinski definition) is 18. The molecule has 0 fully saturated rings. The second-order valence-corrected chi connectivity index (χ2v) is 24.8. The van der Waals surface area contributed by atoms with Crippen LogP contribution in [0.5, 0.6) is 0 Å². The van der Waals surface area contributed by atoms with Gasteiger partial charge in [-0.25, -0.2) is 9.78 Å². The maximum absolute atomic E-state index is 14.3. The highest BCUT2D eigenvalue weighted by Gasteiger charge is 2.39. The van der Waals surface area contributed by atoms with Crippen molar-refractivity contribution >= 4 is 77.0 Å². The number of nitrogens with zero attached hydrogens (tertiary/aromatic N) is 1. The molecule has 0 radical (unpaired) electrons. The number of carboxylic acids is 3. The Kier molecular flexibility index (Phi) is 30.2. The summed E-state index contributed by atoms with van der Waals surface area (Å²) in [6.07, 6.45) is -3.81. The van der Waals surface area contributed by atoms with Crippen LogP contribution in [0.2, 0.25) is 0 Å². The Balaban J connectivity index is 1.12. The molecule has 1 heterocycles. The van der Waals surface area contributed by atoms with Crippen molar-refractivity contribution in [3.8, 4) is 22.3 Å². The molecule has 0 aliphatic rings. The van der Waals surface area contributed by atoms with Gasteiger partial charge in [0.2, 0.25) is 59.1 Å². The van der Waals surface area contributed by atoms with E-state index in [1.165, 1.54) is 26.4 Å². The lowest BCUT2D eigenvalue weighted by atomic mass is 9.98. The van der Waals surface area contributed by atoms with Crippen LogP contribution in [0.3, 0.4) is 0 Å². The normalized spacial score (nSPS) is 14.4. The van der Waals surface area contributed by atoms with Crippen LogP contribution in [-0.4, -0.2) is 203 Å². The van der Waals surface area contributed by atoms with Crippen molar-refractivity contribution in [2.45, 2.75) is 145 Å². The fourth-order valence-corrected chi connectivity index (χ4v) is 10.4. The number of aliphatic hydroxyl groups is 3. The standard InChI is InChI=1S/C71H85N13O19/c1-39(86)59(82-56(88)36-74-62(94)50(28-29-57(89)90)81-70(103)71(3,4)84-61(93)49(72)33-48-35-73-38-75-48)67(99)78-52(30-41-14-8-5-9-15-41)65(97)83-60(40(2)87)68(100)80-55(37-85)66(98)77-53(34-58(91)92)64(96)76-51(31-42-20-24-46(25-21-42)44-16-10-6-11-17-44)63(95)79-54(69(101)102)32-43-22-26-47(27-23-43)45-18-12-7-13-19-45/h5-27,35,38-40,49-55,59-60,85-87H,28-34,36-37,72H2,1-4H3,(H,73,75)(H,74,94)(H,76,96)(H,77,98)(H,78,99)(H,79,95)(H,80,100)(H,81,103)(H,82,88)(H,83,97)(H,84,93)(H,89,90)(H,91,92)(H,101,102)/t39-,40-,49+,50+,51+,52+,53+,54+,55+,59+,60+/m1/s1. The molecule has 0 spiro atoms. The predicted octanol–water partition coefficient (Wildman–Crippen LogP) is -1.59. The van der Waals surface area contributed by atoms with E-state index in [4.69, 9.17) is 5.73 Å². The molecule has 6 rings (SSSR count). The number of nitrogens with one attached hydrogen (secondary N) is 11. The molecule has 0 unspecified atom stereocenters. The first kappa shape index (κ1) is 80.2. The second kappa shape index (κ2) is 38.7. The highest BCUT2D eigenvalue weighted by atomic mass is 16.4. The summed E-state index contributed by atoms with van der Waals surface area (Å²) in [6.45, 7) is 2.53. The van der Waals surface area contributed by atoms with Crippen LogP contribution in [-0.2, 0) is 88.0 Å². The van der Waals surface area contributed by atoms with Gasteiger partial charge in [-0.3, -0.25) is 57.5 Å². The number of aromatic nitrogens is 2. The van der Waals surface area contributed by atoms with Crippen LogP contribution >= 0.6 is 0 Å². The summed E-state index contributed by atoms with van der Waals surface area (Å²) in [7, 11) is 0. The summed E-state index contributed by atoms with van der Waals surface area (Å²) in [5.41, 5.74) is 9.52. The van der Waals surface area contributed by atoms with Crippen LogP contribution in [0, 0.1) is 0 Å². The van der Waals surface area contributed by atoms with Gasteiger partial charge in [0.25, 0.3) is 0 Å². The number of aliphatic hydroxyl groups excluding tert-OH is 3. The number of carboxylic acid groups (broad SMARTS) is 3. The fraction of sp³-hybridized carbons (Fsp3) is 0.352. The summed E-state index contributed by atoms with van der Waals surface area (Å²) < 4.78 is 0. The molecular weight excluding hydrogens is 1340 g/mol. The van der Waals surface area contributed by atoms with Gasteiger partial charge >= 0.3 is 17.9 Å². The summed E-state index contributed by atoms with van der Waals surface area (Å²) in [5.74, 6) is -15.8. The number of hydrogen-bond donors (Lipinski definition) is 18. The van der Waals surface area contributed by atoms with Gasteiger partial charge in [0.05, 0.1) is 49.8 Å². The van der Waals surface area contributed by atoms with Crippen LogP contribution in [0.1, 0.15) is 69.3 Å². The first-order valence-corrected chi connectivity index (χ1v) is 32.6. The van der Waals surface area contributed by atoms with Crippen molar-refractivity contribution < 1.29 is 93.0 Å². The van der Waals surface area contributed by atoms with E-state index in [1.54, 1.807) is 78.9 Å². The lowest BCUT2D eigenvalue weighted by molar-refractivity contribution is -0.143. The van der Waals surface area contributed by atoms with E-state index in [2.05, 4.69) is 63.1 Å². The van der Waals surface area contributed by atoms with Crippen molar-refractivity contribution in [2.24, 2.45) is 5.73 Å². The van der Waals surface area contributed by atoms with E-state index in [9.17, 15) is 93.0 Å². The number of H-pyrrole nitrogens is 1. The monoisotopic (exact) mass is 1420 g/mol. The molecule has 32 nitrogen and oxygen atoms in total. The van der Waals surface area contributed by atoms with Gasteiger partial charge in [-0.15, -0.1) is 0 Å². The minimum Gasteiger partial charge on any atom is -0.481 e. The van der Waals surface area contributed by atoms with Crippen molar-refractivity contribution in [1.29, 1.82) is 0 Å². The second-order valence-electron chi connectivity index (χ2n) is 24.8. The minimum atomic E-state index is -2.06. The zero-order valence-corrected chi connectivity index (χ0v) is 56.7. The Morgan fingerprint density at radius 3 is 1.37 bits per heavy atom. The van der Waals surface area contributed by atoms with Crippen molar-refractivity contribution in [3.05, 3.63) is 174 Å². The Morgan fingerprint density at radius 1 is 0.466 bits per heavy atom. The molecule has 5 aromatic carbocycles. The number of aliphatic carboxylic acids is 3. The molecule has 0 saturated heterocycles. The van der Waals surface area contributed by atoms with E-state index in [-0.39, 0.29) is 25.7 Å². The highest BCUT2D eigenvalue weighted by Crippen LogP contribution is 2.22. The van der Waals surface area contributed by atoms with Gasteiger partial charge < -0.3 is 94.5 Å². The van der Waals surface area contributed by atoms with E-state index < -0.39 is 182 Å². The maximum Gasteiger partial charge on any atom is 0.326 e. The Morgan fingerprint density at radius 2 is 0.893 bits per heavy atom. The molecular formula is C71H85N13O19. The van der Waals surface area contributed by atoms with E-state index >= 15 is 0 Å². The number of carbonyl (C=O) groups is 13. The van der Waals surface area contributed by atoms with Crippen molar-refractivity contribution in [1.82, 2.24) is 63.1 Å².